The molecule has 0 aliphatic carbocycles. The van der Waals surface area contributed by atoms with Crippen molar-refractivity contribution in [1.82, 2.24) is 9.78 Å². The van der Waals surface area contributed by atoms with Gasteiger partial charge in [-0.3, -0.25) is 9.48 Å². The van der Waals surface area contributed by atoms with E-state index in [1.807, 2.05) is 62.5 Å². The quantitative estimate of drug-likeness (QED) is 0.763. The van der Waals surface area contributed by atoms with E-state index in [0.717, 1.165) is 16.7 Å². The predicted molar refractivity (Wildman–Crippen MR) is 96.7 cm³/mol. The maximum absolute atomic E-state index is 12.4. The lowest BCUT2D eigenvalue weighted by molar-refractivity contribution is 0.102. The molecule has 0 saturated carbocycles. The lowest BCUT2D eigenvalue weighted by atomic mass is 10.1. The maximum atomic E-state index is 12.4. The Balaban J connectivity index is 1.73. The van der Waals surface area contributed by atoms with E-state index in [4.69, 9.17) is 11.6 Å². The molecule has 122 valence electrons. The van der Waals surface area contributed by atoms with Crippen LogP contribution in [0.15, 0.2) is 54.7 Å². The van der Waals surface area contributed by atoms with Crippen LogP contribution in [0.2, 0.25) is 5.02 Å². The maximum Gasteiger partial charge on any atom is 0.257 e. The first-order valence-electron chi connectivity index (χ1n) is 7.68. The van der Waals surface area contributed by atoms with Gasteiger partial charge < -0.3 is 5.32 Å². The minimum atomic E-state index is -0.154. The number of hydrogen-bond donors (Lipinski definition) is 1. The van der Waals surface area contributed by atoms with Crippen molar-refractivity contribution in [2.24, 2.45) is 0 Å². The van der Waals surface area contributed by atoms with Gasteiger partial charge in [0, 0.05) is 22.8 Å². The molecule has 1 aromatic heterocycles. The Morgan fingerprint density at radius 2 is 1.96 bits per heavy atom. The van der Waals surface area contributed by atoms with E-state index >= 15 is 0 Å². The molecule has 0 saturated heterocycles. The van der Waals surface area contributed by atoms with Crippen molar-refractivity contribution in [1.29, 1.82) is 0 Å². The highest BCUT2D eigenvalue weighted by atomic mass is 35.5. The highest BCUT2D eigenvalue weighted by Gasteiger charge is 2.11. The monoisotopic (exact) mass is 339 g/mol. The van der Waals surface area contributed by atoms with Crippen molar-refractivity contribution in [2.45, 2.75) is 20.4 Å². The minimum Gasteiger partial charge on any atom is -0.305 e. The summed E-state index contributed by atoms with van der Waals surface area (Å²) in [6.45, 7) is 4.44. The average Bonchev–Trinajstić information content (AvgIpc) is 2.99. The average molecular weight is 340 g/mol. The zero-order chi connectivity index (χ0) is 17.1. The molecule has 3 aromatic rings. The Kier molecular flexibility index (Phi) is 4.67. The second kappa shape index (κ2) is 6.89. The van der Waals surface area contributed by atoms with Crippen LogP contribution in [0.25, 0.3) is 0 Å². The number of anilines is 1. The largest absolute Gasteiger partial charge is 0.305 e. The molecule has 0 unspecified atom stereocenters. The highest BCUT2D eigenvalue weighted by Crippen LogP contribution is 2.17. The number of amides is 1. The number of hydrogen-bond acceptors (Lipinski definition) is 2. The van der Waals surface area contributed by atoms with Gasteiger partial charge >= 0.3 is 0 Å². The van der Waals surface area contributed by atoms with E-state index in [1.54, 1.807) is 10.7 Å². The van der Waals surface area contributed by atoms with Crippen molar-refractivity contribution < 1.29 is 4.79 Å². The van der Waals surface area contributed by atoms with Crippen LogP contribution in [0, 0.1) is 13.8 Å². The Labute approximate surface area is 146 Å². The van der Waals surface area contributed by atoms with E-state index in [2.05, 4.69) is 10.4 Å². The Morgan fingerprint density at radius 1 is 1.17 bits per heavy atom. The van der Waals surface area contributed by atoms with Crippen LogP contribution >= 0.6 is 11.6 Å². The van der Waals surface area contributed by atoms with Crippen LogP contribution in [0.4, 0.5) is 5.82 Å². The molecule has 4 nitrogen and oxygen atoms in total. The lowest BCUT2D eigenvalue weighted by Crippen LogP contribution is -2.14. The number of aryl methyl sites for hydroxylation is 2. The van der Waals surface area contributed by atoms with Crippen LogP contribution in [-0.2, 0) is 6.54 Å². The summed E-state index contributed by atoms with van der Waals surface area (Å²) in [6.07, 6.45) is 1.82. The Morgan fingerprint density at radius 3 is 2.75 bits per heavy atom. The number of aromatic nitrogens is 2. The first kappa shape index (κ1) is 16.3. The predicted octanol–water partition coefficient (Wildman–Crippen LogP) is 4.45. The zero-order valence-electron chi connectivity index (χ0n) is 13.6. The van der Waals surface area contributed by atoms with E-state index in [9.17, 15) is 4.79 Å². The lowest BCUT2D eigenvalue weighted by Gasteiger charge is -2.07. The number of nitrogens with zero attached hydrogens (tertiary/aromatic N) is 2. The summed E-state index contributed by atoms with van der Waals surface area (Å²) < 4.78 is 1.75. The summed E-state index contributed by atoms with van der Waals surface area (Å²) in [5, 5.41) is 7.94. The van der Waals surface area contributed by atoms with Crippen molar-refractivity contribution in [3.63, 3.8) is 0 Å². The van der Waals surface area contributed by atoms with Crippen molar-refractivity contribution in [2.75, 3.05) is 5.32 Å². The van der Waals surface area contributed by atoms with Gasteiger partial charge in [-0.2, -0.15) is 5.10 Å². The number of carbonyl (C=O) groups is 1. The molecule has 1 amide bonds. The molecule has 24 heavy (non-hydrogen) atoms. The molecule has 5 heteroatoms. The van der Waals surface area contributed by atoms with Gasteiger partial charge in [0.15, 0.2) is 5.82 Å². The molecule has 0 spiro atoms. The number of halogens is 1. The van der Waals surface area contributed by atoms with Crippen molar-refractivity contribution in [3.05, 3.63) is 82.0 Å². The molecule has 0 radical (unpaired) electrons. The highest BCUT2D eigenvalue weighted by molar-refractivity contribution is 6.31. The van der Waals surface area contributed by atoms with Crippen LogP contribution in [0.1, 0.15) is 27.0 Å². The summed E-state index contributed by atoms with van der Waals surface area (Å²) >= 11 is 6.17. The van der Waals surface area contributed by atoms with Crippen molar-refractivity contribution >= 4 is 23.3 Å². The molecule has 1 N–H and O–H groups in total. The number of benzene rings is 2. The Hall–Kier alpha value is -2.59. The molecular formula is C19H18ClN3O. The molecule has 0 aliphatic rings. The van der Waals surface area contributed by atoms with Gasteiger partial charge in [-0.05, 0) is 37.1 Å². The third-order valence-electron chi connectivity index (χ3n) is 3.81. The minimum absolute atomic E-state index is 0.154. The fourth-order valence-electron chi connectivity index (χ4n) is 2.48. The van der Waals surface area contributed by atoms with Gasteiger partial charge in [-0.15, -0.1) is 0 Å². The fraction of sp³-hybridized carbons (Fsp3) is 0.158. The molecule has 1 heterocycles. The normalized spacial score (nSPS) is 10.6. The molecular weight excluding hydrogens is 322 g/mol. The standard InChI is InChI=1S/C19H18ClN3O/c1-13-7-8-14(2)16(11-13)19(24)21-18-9-10-23(22-18)12-15-5-3-4-6-17(15)20/h3-11H,12H2,1-2H3,(H,21,22,24). The van der Waals surface area contributed by atoms with Crippen LogP contribution < -0.4 is 5.32 Å². The molecule has 0 bridgehead atoms. The SMILES string of the molecule is Cc1ccc(C)c(C(=O)Nc2ccn(Cc3ccccc3Cl)n2)c1. The fourth-order valence-corrected chi connectivity index (χ4v) is 2.68. The van der Waals surface area contributed by atoms with Crippen LogP contribution in [0.3, 0.4) is 0 Å². The second-order valence-electron chi connectivity index (χ2n) is 5.76. The summed E-state index contributed by atoms with van der Waals surface area (Å²) in [6, 6.07) is 15.2. The summed E-state index contributed by atoms with van der Waals surface area (Å²) in [7, 11) is 0. The summed E-state index contributed by atoms with van der Waals surface area (Å²) in [5.74, 6) is 0.368. The molecule has 0 atom stereocenters. The van der Waals surface area contributed by atoms with Crippen molar-refractivity contribution in [3.8, 4) is 0 Å². The zero-order valence-corrected chi connectivity index (χ0v) is 14.3. The van der Waals surface area contributed by atoms with E-state index < -0.39 is 0 Å². The first-order valence-corrected chi connectivity index (χ1v) is 8.06. The van der Waals surface area contributed by atoms with E-state index in [0.29, 0.717) is 22.9 Å². The second-order valence-corrected chi connectivity index (χ2v) is 6.17. The third kappa shape index (κ3) is 3.66. The first-order chi connectivity index (χ1) is 11.5. The van der Waals surface area contributed by atoms with Gasteiger partial charge in [0.1, 0.15) is 0 Å². The van der Waals surface area contributed by atoms with Gasteiger partial charge in [0.25, 0.3) is 5.91 Å². The van der Waals surface area contributed by atoms with E-state index in [-0.39, 0.29) is 5.91 Å². The summed E-state index contributed by atoms with van der Waals surface area (Å²) in [4.78, 5) is 12.4. The topological polar surface area (TPSA) is 46.9 Å². The van der Waals surface area contributed by atoms with Gasteiger partial charge in [-0.25, -0.2) is 0 Å². The summed E-state index contributed by atoms with van der Waals surface area (Å²) in [5.41, 5.74) is 3.63. The molecule has 2 aromatic carbocycles. The van der Waals surface area contributed by atoms with Gasteiger partial charge in [0.2, 0.25) is 0 Å². The van der Waals surface area contributed by atoms with Crippen LogP contribution in [-0.4, -0.2) is 15.7 Å². The number of nitrogens with one attached hydrogen (secondary N) is 1. The third-order valence-corrected chi connectivity index (χ3v) is 4.18. The molecule has 0 fully saturated rings. The molecule has 3 rings (SSSR count). The van der Waals surface area contributed by atoms with Gasteiger partial charge in [-0.1, -0.05) is 47.5 Å². The molecule has 0 aliphatic heterocycles. The Bertz CT molecular complexity index is 886. The number of rotatable bonds is 4. The smallest absolute Gasteiger partial charge is 0.257 e. The van der Waals surface area contributed by atoms with E-state index in [1.165, 1.54) is 0 Å². The van der Waals surface area contributed by atoms with Gasteiger partial charge in [0.05, 0.1) is 6.54 Å². The van der Waals surface area contributed by atoms with Crippen LogP contribution in [0.5, 0.6) is 0 Å². The number of carbonyl (C=O) groups excluding carboxylic acids is 1.